The maximum Gasteiger partial charge on any atom is 0.321 e. The molecule has 2 rings (SSSR count). The van der Waals surface area contributed by atoms with Gasteiger partial charge in [0.1, 0.15) is 6.54 Å². The summed E-state index contributed by atoms with van der Waals surface area (Å²) >= 11 is 0. The van der Waals surface area contributed by atoms with Crippen LogP contribution in [0.5, 0.6) is 0 Å². The maximum absolute atomic E-state index is 12.4. The fourth-order valence-corrected chi connectivity index (χ4v) is 3.52. The molecule has 0 spiro atoms. The number of nitrogens with one attached hydrogen (secondary N) is 1. The highest BCUT2D eigenvalue weighted by Gasteiger charge is 2.23. The van der Waals surface area contributed by atoms with Gasteiger partial charge in [-0.1, -0.05) is 42.0 Å². The Balaban J connectivity index is 1.82. The summed E-state index contributed by atoms with van der Waals surface area (Å²) in [6.45, 7) is 3.16. The molecule has 0 saturated carbocycles. The van der Waals surface area contributed by atoms with Gasteiger partial charge in [-0.05, 0) is 37.1 Å². The van der Waals surface area contributed by atoms with E-state index in [0.717, 1.165) is 21.0 Å². The number of carbonyl (C=O) groups excluding carboxylic acids is 2. The van der Waals surface area contributed by atoms with Crippen LogP contribution in [0.15, 0.2) is 53.4 Å². The minimum atomic E-state index is -3.81. The molecular weight excluding hydrogens is 380 g/mol. The number of nitrogens with zero attached hydrogens (tertiary/aromatic N) is 1. The first kappa shape index (κ1) is 21.6. The van der Waals surface area contributed by atoms with Crippen molar-refractivity contribution in [3.05, 3.63) is 65.2 Å². The van der Waals surface area contributed by atoms with Crippen molar-refractivity contribution in [2.75, 3.05) is 20.2 Å². The van der Waals surface area contributed by atoms with Gasteiger partial charge in [-0.25, -0.2) is 8.42 Å². The predicted molar refractivity (Wildman–Crippen MR) is 105 cm³/mol. The Morgan fingerprint density at radius 3 is 2.32 bits per heavy atom. The zero-order valence-corrected chi connectivity index (χ0v) is 17.0. The van der Waals surface area contributed by atoms with E-state index in [2.05, 4.69) is 5.32 Å². The van der Waals surface area contributed by atoms with E-state index < -0.39 is 35.1 Å². The Bertz CT molecular complexity index is 939. The fourth-order valence-electron chi connectivity index (χ4n) is 2.40. The molecule has 0 heterocycles. The first-order valence-corrected chi connectivity index (χ1v) is 10.1. The molecule has 0 radical (unpaired) electrons. The molecule has 0 bridgehead atoms. The Labute approximate surface area is 165 Å². The molecule has 0 aromatic heterocycles. The van der Waals surface area contributed by atoms with Gasteiger partial charge in [-0.2, -0.15) is 4.31 Å². The summed E-state index contributed by atoms with van der Waals surface area (Å²) in [6.07, 6.45) is 0. The number of carbonyl (C=O) groups is 2. The first-order valence-electron chi connectivity index (χ1n) is 8.70. The van der Waals surface area contributed by atoms with E-state index in [1.807, 2.05) is 38.1 Å². The van der Waals surface area contributed by atoms with Crippen LogP contribution in [0.2, 0.25) is 0 Å². The Kier molecular flexibility index (Phi) is 7.31. The molecule has 0 unspecified atom stereocenters. The smallest absolute Gasteiger partial charge is 0.321 e. The zero-order chi connectivity index (χ0) is 20.7. The lowest BCUT2D eigenvalue weighted by molar-refractivity contribution is -0.148. The number of amides is 1. The largest absolute Gasteiger partial charge is 0.455 e. The van der Waals surface area contributed by atoms with Crippen LogP contribution in [0.3, 0.4) is 0 Å². The lowest BCUT2D eigenvalue weighted by Gasteiger charge is -2.16. The summed E-state index contributed by atoms with van der Waals surface area (Å²) in [5, 5.41) is 2.66. The molecular formula is C20H24N2O5S. The van der Waals surface area contributed by atoms with E-state index in [1.165, 1.54) is 19.2 Å². The van der Waals surface area contributed by atoms with Crippen molar-refractivity contribution in [1.82, 2.24) is 9.62 Å². The van der Waals surface area contributed by atoms with Gasteiger partial charge in [-0.15, -0.1) is 0 Å². The highest BCUT2D eigenvalue weighted by atomic mass is 32.2. The van der Waals surface area contributed by atoms with Gasteiger partial charge in [0.05, 0.1) is 4.90 Å². The van der Waals surface area contributed by atoms with E-state index in [1.54, 1.807) is 12.1 Å². The van der Waals surface area contributed by atoms with E-state index in [4.69, 9.17) is 4.74 Å². The Hall–Kier alpha value is -2.71. The molecule has 2 aromatic carbocycles. The lowest BCUT2D eigenvalue weighted by atomic mass is 10.1. The summed E-state index contributed by atoms with van der Waals surface area (Å²) in [7, 11) is -2.52. The number of aryl methyl sites for hydroxylation is 2. The summed E-state index contributed by atoms with van der Waals surface area (Å²) in [4.78, 5) is 23.8. The van der Waals surface area contributed by atoms with Gasteiger partial charge in [0.2, 0.25) is 10.0 Å². The molecule has 0 saturated heterocycles. The number of hydrogen-bond donors (Lipinski definition) is 1. The summed E-state index contributed by atoms with van der Waals surface area (Å²) in [5.41, 5.74) is 2.94. The van der Waals surface area contributed by atoms with Crippen LogP contribution in [-0.4, -0.2) is 44.8 Å². The molecule has 8 heteroatoms. The summed E-state index contributed by atoms with van der Waals surface area (Å²) in [6, 6.07) is 13.9. The van der Waals surface area contributed by atoms with Crippen molar-refractivity contribution < 1.29 is 22.7 Å². The van der Waals surface area contributed by atoms with Gasteiger partial charge in [0, 0.05) is 13.6 Å². The van der Waals surface area contributed by atoms with E-state index >= 15 is 0 Å². The molecule has 1 N–H and O–H groups in total. The average Bonchev–Trinajstić information content (AvgIpc) is 2.66. The van der Waals surface area contributed by atoms with E-state index in [0.29, 0.717) is 6.54 Å². The van der Waals surface area contributed by atoms with Crippen molar-refractivity contribution in [2.45, 2.75) is 25.3 Å². The van der Waals surface area contributed by atoms with E-state index in [-0.39, 0.29) is 4.90 Å². The van der Waals surface area contributed by atoms with Crippen LogP contribution in [0.25, 0.3) is 0 Å². The fraction of sp³-hybridized carbons (Fsp3) is 0.300. The van der Waals surface area contributed by atoms with Crippen LogP contribution in [0.4, 0.5) is 0 Å². The van der Waals surface area contributed by atoms with Crippen LogP contribution in [0, 0.1) is 13.8 Å². The van der Waals surface area contributed by atoms with Crippen LogP contribution >= 0.6 is 0 Å². The second kappa shape index (κ2) is 9.48. The van der Waals surface area contributed by atoms with Crippen molar-refractivity contribution in [2.24, 2.45) is 0 Å². The molecule has 0 atom stereocenters. The summed E-state index contributed by atoms with van der Waals surface area (Å²) in [5.74, 6) is -1.26. The van der Waals surface area contributed by atoms with Gasteiger partial charge < -0.3 is 10.1 Å². The normalized spacial score (nSPS) is 11.3. The summed E-state index contributed by atoms with van der Waals surface area (Å²) < 4.78 is 30.7. The topological polar surface area (TPSA) is 92.8 Å². The Morgan fingerprint density at radius 1 is 1.04 bits per heavy atom. The van der Waals surface area contributed by atoms with Crippen LogP contribution in [-0.2, 0) is 30.9 Å². The van der Waals surface area contributed by atoms with Gasteiger partial charge in [-0.3, -0.25) is 9.59 Å². The highest BCUT2D eigenvalue weighted by Crippen LogP contribution is 2.14. The lowest BCUT2D eigenvalue weighted by Crippen LogP contribution is -2.35. The predicted octanol–water partition coefficient (Wildman–Crippen LogP) is 1.78. The number of sulfonamides is 1. The molecule has 0 aliphatic heterocycles. The molecule has 2 aromatic rings. The second-order valence-corrected chi connectivity index (χ2v) is 8.48. The molecule has 0 aliphatic carbocycles. The monoisotopic (exact) mass is 404 g/mol. The van der Waals surface area contributed by atoms with Crippen molar-refractivity contribution >= 4 is 21.9 Å². The second-order valence-electron chi connectivity index (χ2n) is 6.44. The number of benzene rings is 2. The van der Waals surface area contributed by atoms with Crippen molar-refractivity contribution in [3.63, 3.8) is 0 Å². The average molecular weight is 404 g/mol. The van der Waals surface area contributed by atoms with Gasteiger partial charge in [0.15, 0.2) is 6.61 Å². The number of esters is 1. The SMILES string of the molecule is Cc1ccc(S(=O)(=O)N(C)CC(=O)OCC(=O)NCc2ccccc2C)cc1. The highest BCUT2D eigenvalue weighted by molar-refractivity contribution is 7.89. The third-order valence-electron chi connectivity index (χ3n) is 4.18. The van der Waals surface area contributed by atoms with Crippen molar-refractivity contribution in [3.8, 4) is 0 Å². The molecule has 28 heavy (non-hydrogen) atoms. The molecule has 7 nitrogen and oxygen atoms in total. The number of likely N-dealkylation sites (N-methyl/N-ethyl adjacent to an activating group) is 1. The van der Waals surface area contributed by atoms with Crippen LogP contribution < -0.4 is 5.32 Å². The van der Waals surface area contributed by atoms with Gasteiger partial charge >= 0.3 is 5.97 Å². The Morgan fingerprint density at radius 2 is 1.68 bits per heavy atom. The third kappa shape index (κ3) is 5.90. The number of hydrogen-bond acceptors (Lipinski definition) is 5. The van der Waals surface area contributed by atoms with E-state index in [9.17, 15) is 18.0 Å². The quantitative estimate of drug-likeness (QED) is 0.677. The number of ether oxygens (including phenoxy) is 1. The first-order chi connectivity index (χ1) is 13.2. The molecule has 150 valence electrons. The zero-order valence-electron chi connectivity index (χ0n) is 16.1. The minimum absolute atomic E-state index is 0.0874. The molecule has 0 fully saturated rings. The number of rotatable bonds is 8. The maximum atomic E-state index is 12.4. The molecule has 0 aliphatic rings. The standard InChI is InChI=1S/C20H24N2O5S/c1-15-8-10-18(11-9-15)28(25,26)22(3)13-20(24)27-14-19(23)21-12-17-7-5-4-6-16(17)2/h4-11H,12-14H2,1-3H3,(H,21,23). The molecule has 1 amide bonds. The minimum Gasteiger partial charge on any atom is -0.455 e. The van der Waals surface area contributed by atoms with Crippen molar-refractivity contribution in [1.29, 1.82) is 0 Å². The van der Waals surface area contributed by atoms with Gasteiger partial charge in [0.25, 0.3) is 5.91 Å². The van der Waals surface area contributed by atoms with Crippen LogP contribution in [0.1, 0.15) is 16.7 Å². The third-order valence-corrected chi connectivity index (χ3v) is 6.00.